The minimum Gasteiger partial charge on any atom is -0.461 e. The third kappa shape index (κ3) is 2.54. The number of anilines is 1. The summed E-state index contributed by atoms with van der Waals surface area (Å²) in [7, 11) is -0.366. The van der Waals surface area contributed by atoms with E-state index in [4.69, 9.17) is 14.0 Å². The van der Waals surface area contributed by atoms with Gasteiger partial charge in [0.1, 0.15) is 5.75 Å². The Labute approximate surface area is 125 Å². The number of hydrogen-bond donors (Lipinski definition) is 0. The van der Waals surface area contributed by atoms with Crippen LogP contribution in [0.25, 0.3) is 0 Å². The van der Waals surface area contributed by atoms with E-state index in [1.807, 2.05) is 50.8 Å². The first-order chi connectivity index (χ1) is 9.91. The molecule has 0 aromatic heterocycles. The molecule has 0 saturated carbocycles. The molecule has 0 aliphatic carbocycles. The number of rotatable bonds is 3. The second-order valence-electron chi connectivity index (χ2n) is 6.39. The number of nitrogens with zero attached hydrogens (tertiary/aromatic N) is 1. The molecule has 0 bridgehead atoms. The van der Waals surface area contributed by atoms with Crippen molar-refractivity contribution in [1.29, 1.82) is 0 Å². The molecule has 0 N–H and O–H groups in total. The van der Waals surface area contributed by atoms with Crippen LogP contribution in [0.15, 0.2) is 18.2 Å². The number of carbonyl (C=O) groups excluding carboxylic acids is 1. The van der Waals surface area contributed by atoms with Crippen LogP contribution in [0.5, 0.6) is 5.75 Å². The van der Waals surface area contributed by atoms with Gasteiger partial charge in [-0.1, -0.05) is 6.07 Å². The Morgan fingerprint density at radius 1 is 1.43 bits per heavy atom. The summed E-state index contributed by atoms with van der Waals surface area (Å²) in [5.74, 6) is 0.724. The minimum atomic E-state index is -0.558. The fourth-order valence-corrected chi connectivity index (χ4v) is 2.77. The highest BCUT2D eigenvalue weighted by Crippen LogP contribution is 2.37. The van der Waals surface area contributed by atoms with Crippen molar-refractivity contribution in [3.05, 3.63) is 18.2 Å². The number of benzene rings is 1. The molecule has 1 saturated heterocycles. The maximum atomic E-state index is 11.2. The van der Waals surface area contributed by atoms with Gasteiger partial charge in [-0.15, -0.1) is 0 Å². The van der Waals surface area contributed by atoms with E-state index >= 15 is 0 Å². The fraction of sp³-hybridized carbons (Fsp3) is 0.533. The quantitative estimate of drug-likeness (QED) is 0.621. The van der Waals surface area contributed by atoms with Gasteiger partial charge in [0.05, 0.1) is 17.9 Å². The molecule has 3 rings (SSSR count). The van der Waals surface area contributed by atoms with Crippen molar-refractivity contribution < 1.29 is 18.8 Å². The van der Waals surface area contributed by atoms with Crippen molar-refractivity contribution in [3.8, 4) is 5.75 Å². The summed E-state index contributed by atoms with van der Waals surface area (Å²) in [5, 5.41) is 0. The normalized spacial score (nSPS) is 23.4. The first-order valence-corrected chi connectivity index (χ1v) is 7.25. The molecule has 0 radical (unpaired) electrons. The average Bonchev–Trinajstić information content (AvgIpc) is 2.97. The lowest BCUT2D eigenvalue weighted by Gasteiger charge is -2.25. The maximum Gasteiger partial charge on any atom is 0.494 e. The summed E-state index contributed by atoms with van der Waals surface area (Å²) in [5.41, 5.74) is 1.58. The van der Waals surface area contributed by atoms with Crippen molar-refractivity contribution in [3.63, 3.8) is 0 Å². The highest BCUT2D eigenvalue weighted by atomic mass is 16.7. The zero-order valence-electron chi connectivity index (χ0n) is 12.8. The van der Waals surface area contributed by atoms with Gasteiger partial charge in [-0.25, -0.2) is 0 Å². The van der Waals surface area contributed by atoms with Crippen molar-refractivity contribution in [2.24, 2.45) is 0 Å². The van der Waals surface area contributed by atoms with Crippen LogP contribution in [0.1, 0.15) is 27.7 Å². The summed E-state index contributed by atoms with van der Waals surface area (Å²) >= 11 is 0. The molecule has 112 valence electrons. The van der Waals surface area contributed by atoms with E-state index in [9.17, 15) is 4.79 Å². The van der Waals surface area contributed by atoms with Gasteiger partial charge in [0.15, 0.2) is 6.29 Å². The van der Waals surface area contributed by atoms with Crippen LogP contribution in [-0.4, -0.2) is 37.9 Å². The third-order valence-electron chi connectivity index (χ3n) is 3.74. The SMILES string of the molecule is CC(C)N1c2cc(B3OCC(C)(C)O3)ccc2OC1C=O. The van der Waals surface area contributed by atoms with Crippen LogP contribution < -0.4 is 15.1 Å². The van der Waals surface area contributed by atoms with Gasteiger partial charge in [-0.3, -0.25) is 4.79 Å². The fourth-order valence-electron chi connectivity index (χ4n) is 2.77. The molecule has 0 amide bonds. The van der Waals surface area contributed by atoms with Crippen LogP contribution in [0.3, 0.4) is 0 Å². The van der Waals surface area contributed by atoms with Gasteiger partial charge in [-0.2, -0.15) is 0 Å². The monoisotopic (exact) mass is 289 g/mol. The molecule has 2 aliphatic heterocycles. The van der Waals surface area contributed by atoms with Crippen LogP contribution >= 0.6 is 0 Å². The molecule has 21 heavy (non-hydrogen) atoms. The van der Waals surface area contributed by atoms with Gasteiger partial charge in [0, 0.05) is 6.04 Å². The molecular weight excluding hydrogens is 269 g/mol. The van der Waals surface area contributed by atoms with Crippen molar-refractivity contribution in [2.45, 2.75) is 45.6 Å². The second-order valence-corrected chi connectivity index (χ2v) is 6.39. The molecular formula is C15H20BNO4. The number of fused-ring (bicyclic) bond motifs is 1. The zero-order valence-corrected chi connectivity index (χ0v) is 12.8. The Morgan fingerprint density at radius 3 is 2.76 bits per heavy atom. The van der Waals surface area contributed by atoms with Crippen molar-refractivity contribution in [2.75, 3.05) is 11.5 Å². The summed E-state index contributed by atoms with van der Waals surface area (Å²) in [6.07, 6.45) is 0.267. The highest BCUT2D eigenvalue weighted by Gasteiger charge is 2.40. The van der Waals surface area contributed by atoms with E-state index in [1.165, 1.54) is 0 Å². The standard InChI is InChI=1S/C15H20BNO4/c1-10(2)17-12-7-11(16-19-9-15(3,4)21-16)5-6-13(12)20-14(17)8-18/h5-8,10,14H,9H2,1-4H3. The molecule has 1 fully saturated rings. The van der Waals surface area contributed by atoms with Crippen LogP contribution in [0.2, 0.25) is 0 Å². The zero-order chi connectivity index (χ0) is 15.2. The molecule has 1 aromatic rings. The molecule has 6 heteroatoms. The highest BCUT2D eigenvalue weighted by molar-refractivity contribution is 6.62. The lowest BCUT2D eigenvalue weighted by atomic mass is 9.79. The molecule has 1 aromatic carbocycles. The average molecular weight is 289 g/mol. The third-order valence-corrected chi connectivity index (χ3v) is 3.74. The minimum absolute atomic E-state index is 0.165. The summed E-state index contributed by atoms with van der Waals surface area (Å²) in [6.45, 7) is 8.65. The van der Waals surface area contributed by atoms with Gasteiger partial charge in [-0.05, 0) is 45.3 Å². The summed E-state index contributed by atoms with van der Waals surface area (Å²) in [6, 6.07) is 5.96. The van der Waals surface area contributed by atoms with E-state index in [2.05, 4.69) is 0 Å². The molecule has 2 heterocycles. The van der Waals surface area contributed by atoms with Gasteiger partial charge >= 0.3 is 7.12 Å². The largest absolute Gasteiger partial charge is 0.494 e. The van der Waals surface area contributed by atoms with Gasteiger partial charge in [0.25, 0.3) is 0 Å². The smallest absolute Gasteiger partial charge is 0.461 e. The predicted octanol–water partition coefficient (Wildman–Crippen LogP) is 1.34. The summed E-state index contributed by atoms with van der Waals surface area (Å²) in [4.78, 5) is 13.2. The van der Waals surface area contributed by atoms with Gasteiger partial charge in [0.2, 0.25) is 6.23 Å². The van der Waals surface area contributed by atoms with E-state index < -0.39 is 6.23 Å². The lowest BCUT2D eigenvalue weighted by Crippen LogP contribution is -2.41. The van der Waals surface area contributed by atoms with Gasteiger partial charge < -0.3 is 18.9 Å². The Hall–Kier alpha value is -1.53. The van der Waals surface area contributed by atoms with Crippen LogP contribution in [0, 0.1) is 0 Å². The van der Waals surface area contributed by atoms with Crippen LogP contribution in [0.4, 0.5) is 5.69 Å². The van der Waals surface area contributed by atoms with Crippen LogP contribution in [-0.2, 0) is 14.1 Å². The lowest BCUT2D eigenvalue weighted by molar-refractivity contribution is -0.113. The Kier molecular flexibility index (Phi) is 3.46. The molecule has 5 nitrogen and oxygen atoms in total. The first-order valence-electron chi connectivity index (χ1n) is 7.25. The first kappa shape index (κ1) is 14.4. The van der Waals surface area contributed by atoms with E-state index in [0.717, 1.165) is 23.2 Å². The summed E-state index contributed by atoms with van der Waals surface area (Å²) < 4.78 is 17.3. The molecule has 1 atom stereocenters. The Balaban J connectivity index is 1.92. The molecule has 0 spiro atoms. The maximum absolute atomic E-state index is 11.2. The second kappa shape index (κ2) is 5.03. The predicted molar refractivity (Wildman–Crippen MR) is 81.0 cm³/mol. The Morgan fingerprint density at radius 2 is 2.19 bits per heavy atom. The Bertz CT molecular complexity index is 561. The topological polar surface area (TPSA) is 48.0 Å². The molecule has 2 aliphatic rings. The molecule has 1 unspecified atom stereocenters. The van der Waals surface area contributed by atoms with E-state index in [1.54, 1.807) is 0 Å². The van der Waals surface area contributed by atoms with Crippen molar-refractivity contribution in [1.82, 2.24) is 0 Å². The van der Waals surface area contributed by atoms with E-state index in [0.29, 0.717) is 6.61 Å². The van der Waals surface area contributed by atoms with Crippen molar-refractivity contribution >= 4 is 24.6 Å². The van der Waals surface area contributed by atoms with E-state index in [-0.39, 0.29) is 18.8 Å². The number of carbonyl (C=O) groups is 1. The number of hydrogen-bond acceptors (Lipinski definition) is 5. The number of aldehydes is 1. The number of ether oxygens (including phenoxy) is 1.